The van der Waals surface area contributed by atoms with Gasteiger partial charge in [-0.25, -0.2) is 4.98 Å². The van der Waals surface area contributed by atoms with Crippen LogP contribution >= 0.6 is 0 Å². The lowest BCUT2D eigenvalue weighted by atomic mass is 10.2. The van der Waals surface area contributed by atoms with Crippen molar-refractivity contribution >= 4 is 17.5 Å². The van der Waals surface area contributed by atoms with E-state index >= 15 is 0 Å². The third-order valence-electron chi connectivity index (χ3n) is 3.00. The summed E-state index contributed by atoms with van der Waals surface area (Å²) in [4.78, 5) is 8.68. The highest BCUT2D eigenvalue weighted by atomic mass is 15.1. The normalized spacial score (nSPS) is 10.1. The molecule has 4 heteroatoms. The molecule has 0 saturated carbocycles. The van der Waals surface area contributed by atoms with Crippen molar-refractivity contribution in [2.24, 2.45) is 0 Å². The zero-order valence-electron chi connectivity index (χ0n) is 11.5. The number of benzene rings is 2. The molecule has 104 valence electrons. The third kappa shape index (κ3) is 3.79. The van der Waals surface area contributed by atoms with Crippen LogP contribution < -0.4 is 10.6 Å². The van der Waals surface area contributed by atoms with E-state index in [4.69, 9.17) is 0 Å². The van der Waals surface area contributed by atoms with Crippen LogP contribution in [0.4, 0.5) is 17.5 Å². The van der Waals surface area contributed by atoms with Gasteiger partial charge in [-0.1, -0.05) is 48.5 Å². The average molecular weight is 276 g/mol. The Kier molecular flexibility index (Phi) is 4.07. The summed E-state index contributed by atoms with van der Waals surface area (Å²) in [5, 5.41) is 6.48. The van der Waals surface area contributed by atoms with Crippen LogP contribution in [-0.2, 0) is 6.54 Å². The van der Waals surface area contributed by atoms with Gasteiger partial charge in [-0.05, 0) is 23.8 Å². The number of aromatic nitrogens is 2. The van der Waals surface area contributed by atoms with E-state index in [9.17, 15) is 0 Å². The van der Waals surface area contributed by atoms with Gasteiger partial charge in [0.25, 0.3) is 0 Å². The summed E-state index contributed by atoms with van der Waals surface area (Å²) in [5.41, 5.74) is 2.19. The van der Waals surface area contributed by atoms with Crippen molar-refractivity contribution < 1.29 is 0 Å². The van der Waals surface area contributed by atoms with Crippen LogP contribution in [0.25, 0.3) is 0 Å². The van der Waals surface area contributed by atoms with Gasteiger partial charge in [-0.15, -0.1) is 0 Å². The number of anilines is 3. The molecule has 0 bridgehead atoms. The van der Waals surface area contributed by atoms with E-state index in [1.807, 2.05) is 54.6 Å². The van der Waals surface area contributed by atoms with E-state index in [2.05, 4.69) is 32.7 Å². The molecule has 1 aromatic heterocycles. The largest absolute Gasteiger partial charge is 0.366 e. The fourth-order valence-electron chi connectivity index (χ4n) is 1.96. The quantitative estimate of drug-likeness (QED) is 0.743. The van der Waals surface area contributed by atoms with E-state index < -0.39 is 0 Å². The third-order valence-corrected chi connectivity index (χ3v) is 3.00. The van der Waals surface area contributed by atoms with Crippen LogP contribution in [0.2, 0.25) is 0 Å². The van der Waals surface area contributed by atoms with E-state index in [1.54, 1.807) is 6.20 Å². The first-order valence-electron chi connectivity index (χ1n) is 6.83. The first-order valence-corrected chi connectivity index (χ1v) is 6.83. The first kappa shape index (κ1) is 13.1. The maximum Gasteiger partial charge on any atom is 0.229 e. The van der Waals surface area contributed by atoms with Crippen LogP contribution in [0.1, 0.15) is 5.56 Å². The molecule has 0 spiro atoms. The predicted molar refractivity (Wildman–Crippen MR) is 85.5 cm³/mol. The lowest BCUT2D eigenvalue weighted by molar-refractivity contribution is 1.08. The van der Waals surface area contributed by atoms with E-state index in [1.165, 1.54) is 5.56 Å². The minimum atomic E-state index is 0.583. The molecule has 3 aromatic rings. The predicted octanol–water partition coefficient (Wildman–Crippen LogP) is 3.83. The number of para-hydroxylation sites is 1. The van der Waals surface area contributed by atoms with Crippen LogP contribution in [0.5, 0.6) is 0 Å². The minimum absolute atomic E-state index is 0.583. The van der Waals surface area contributed by atoms with Crippen molar-refractivity contribution in [3.05, 3.63) is 78.5 Å². The summed E-state index contributed by atoms with van der Waals surface area (Å²) in [5.74, 6) is 1.38. The molecule has 0 atom stereocenters. The molecular weight excluding hydrogens is 260 g/mol. The Hall–Kier alpha value is -2.88. The lowest BCUT2D eigenvalue weighted by Gasteiger charge is -2.08. The monoisotopic (exact) mass is 276 g/mol. The highest BCUT2D eigenvalue weighted by Crippen LogP contribution is 2.13. The fraction of sp³-hybridized carbons (Fsp3) is 0.0588. The highest BCUT2D eigenvalue weighted by molar-refractivity contribution is 5.54. The van der Waals surface area contributed by atoms with Crippen molar-refractivity contribution in [3.8, 4) is 0 Å². The highest BCUT2D eigenvalue weighted by Gasteiger charge is 2.00. The summed E-state index contributed by atoms with van der Waals surface area (Å²) in [6.45, 7) is 0.739. The van der Waals surface area contributed by atoms with Gasteiger partial charge in [0.05, 0.1) is 0 Å². The Morgan fingerprint density at radius 2 is 1.52 bits per heavy atom. The van der Waals surface area contributed by atoms with E-state index in [-0.39, 0.29) is 0 Å². The van der Waals surface area contributed by atoms with E-state index in [0.717, 1.165) is 18.1 Å². The van der Waals surface area contributed by atoms with Gasteiger partial charge in [-0.3, -0.25) is 0 Å². The molecule has 21 heavy (non-hydrogen) atoms. The number of hydrogen-bond donors (Lipinski definition) is 2. The topological polar surface area (TPSA) is 49.8 Å². The molecule has 0 saturated heterocycles. The maximum atomic E-state index is 4.45. The molecule has 0 amide bonds. The second kappa shape index (κ2) is 6.52. The summed E-state index contributed by atoms with van der Waals surface area (Å²) in [6.07, 6.45) is 1.74. The molecule has 0 aliphatic heterocycles. The summed E-state index contributed by atoms with van der Waals surface area (Å²) in [6, 6.07) is 22.0. The summed E-state index contributed by atoms with van der Waals surface area (Å²) in [7, 11) is 0. The van der Waals surface area contributed by atoms with Crippen LogP contribution in [-0.4, -0.2) is 9.97 Å². The molecule has 4 nitrogen and oxygen atoms in total. The Morgan fingerprint density at radius 1 is 0.810 bits per heavy atom. The van der Waals surface area contributed by atoms with Gasteiger partial charge in [-0.2, -0.15) is 4.98 Å². The molecule has 3 rings (SSSR count). The van der Waals surface area contributed by atoms with Crippen molar-refractivity contribution in [3.63, 3.8) is 0 Å². The number of hydrogen-bond acceptors (Lipinski definition) is 4. The summed E-state index contributed by atoms with van der Waals surface area (Å²) >= 11 is 0. The Morgan fingerprint density at radius 3 is 2.29 bits per heavy atom. The van der Waals surface area contributed by atoms with Crippen molar-refractivity contribution in [2.45, 2.75) is 6.54 Å². The SMILES string of the molecule is c1ccc(CNc2ccnc(Nc3ccccc3)n2)cc1. The Bertz CT molecular complexity index is 683. The Labute approximate surface area is 123 Å². The smallest absolute Gasteiger partial charge is 0.229 e. The number of nitrogens with zero attached hydrogens (tertiary/aromatic N) is 2. The molecule has 2 N–H and O–H groups in total. The lowest BCUT2D eigenvalue weighted by Crippen LogP contribution is -2.04. The van der Waals surface area contributed by atoms with Crippen molar-refractivity contribution in [1.29, 1.82) is 0 Å². The molecular formula is C17H16N4. The van der Waals surface area contributed by atoms with Crippen LogP contribution in [0.3, 0.4) is 0 Å². The van der Waals surface area contributed by atoms with Crippen LogP contribution in [0, 0.1) is 0 Å². The zero-order chi connectivity index (χ0) is 14.3. The van der Waals surface area contributed by atoms with Gasteiger partial charge in [0.15, 0.2) is 0 Å². The Balaban J connectivity index is 1.66. The van der Waals surface area contributed by atoms with Crippen LogP contribution in [0.15, 0.2) is 72.9 Å². The number of rotatable bonds is 5. The number of nitrogens with one attached hydrogen (secondary N) is 2. The first-order chi connectivity index (χ1) is 10.4. The molecule has 2 aromatic carbocycles. The fourth-order valence-corrected chi connectivity index (χ4v) is 1.96. The average Bonchev–Trinajstić information content (AvgIpc) is 2.55. The maximum absolute atomic E-state index is 4.45. The molecule has 0 fully saturated rings. The van der Waals surface area contributed by atoms with Gasteiger partial charge in [0, 0.05) is 18.4 Å². The minimum Gasteiger partial charge on any atom is -0.366 e. The molecule has 0 aliphatic rings. The standard InChI is InChI=1S/C17H16N4/c1-3-7-14(8-4-1)13-19-16-11-12-18-17(21-16)20-15-9-5-2-6-10-15/h1-12H,13H2,(H2,18,19,20,21). The van der Waals surface area contributed by atoms with Crippen molar-refractivity contribution in [2.75, 3.05) is 10.6 Å². The van der Waals surface area contributed by atoms with Gasteiger partial charge in [0.1, 0.15) is 5.82 Å². The molecule has 0 aliphatic carbocycles. The zero-order valence-corrected chi connectivity index (χ0v) is 11.5. The molecule has 1 heterocycles. The van der Waals surface area contributed by atoms with Gasteiger partial charge in [0.2, 0.25) is 5.95 Å². The summed E-state index contributed by atoms with van der Waals surface area (Å²) < 4.78 is 0. The second-order valence-corrected chi connectivity index (χ2v) is 4.60. The molecule has 0 radical (unpaired) electrons. The second-order valence-electron chi connectivity index (χ2n) is 4.60. The van der Waals surface area contributed by atoms with E-state index in [0.29, 0.717) is 5.95 Å². The van der Waals surface area contributed by atoms with Gasteiger partial charge < -0.3 is 10.6 Å². The van der Waals surface area contributed by atoms with Gasteiger partial charge >= 0.3 is 0 Å². The van der Waals surface area contributed by atoms with Crippen molar-refractivity contribution in [1.82, 2.24) is 9.97 Å². The molecule has 0 unspecified atom stereocenters.